The number of rotatable bonds is 5. The SMILES string of the molecule is CC[C@H]1CN(c2nc(N)c(C(=O)NCCN)nc2Cl)CCN1. The fourth-order valence-corrected chi connectivity index (χ4v) is 2.59. The van der Waals surface area contributed by atoms with Gasteiger partial charge < -0.3 is 27.0 Å². The molecule has 8 nitrogen and oxygen atoms in total. The number of halogens is 1. The van der Waals surface area contributed by atoms with Gasteiger partial charge in [0.1, 0.15) is 0 Å². The predicted octanol–water partition coefficient (Wildman–Crippen LogP) is -0.411. The van der Waals surface area contributed by atoms with Crippen molar-refractivity contribution in [3.05, 3.63) is 10.8 Å². The summed E-state index contributed by atoms with van der Waals surface area (Å²) in [5.41, 5.74) is 11.3. The van der Waals surface area contributed by atoms with E-state index in [-0.39, 0.29) is 16.7 Å². The van der Waals surface area contributed by atoms with E-state index in [2.05, 4.69) is 27.5 Å². The van der Waals surface area contributed by atoms with Crippen molar-refractivity contribution in [3.63, 3.8) is 0 Å². The standard InChI is InChI=1S/C13H22ClN7O/c1-2-8-7-21(6-5-17-8)12-10(14)19-9(11(16)20-12)13(22)18-4-3-15/h8,17H,2-7,15H2,1H3,(H2,16,20)(H,18,22)/t8-/m0/s1. The van der Waals surface area contributed by atoms with Gasteiger partial charge in [0.2, 0.25) is 0 Å². The number of carbonyl (C=O) groups is 1. The van der Waals surface area contributed by atoms with Gasteiger partial charge in [0.25, 0.3) is 5.91 Å². The molecule has 2 heterocycles. The van der Waals surface area contributed by atoms with Crippen molar-refractivity contribution in [1.29, 1.82) is 0 Å². The summed E-state index contributed by atoms with van der Waals surface area (Å²) >= 11 is 6.21. The number of piperazine rings is 1. The first kappa shape index (κ1) is 16.7. The maximum Gasteiger partial charge on any atom is 0.273 e. The average molecular weight is 328 g/mol. The summed E-state index contributed by atoms with van der Waals surface area (Å²) in [5.74, 6) is 0.172. The molecule has 9 heteroatoms. The second kappa shape index (κ2) is 7.57. The van der Waals surface area contributed by atoms with E-state index >= 15 is 0 Å². The van der Waals surface area contributed by atoms with Crippen LogP contribution in [0.5, 0.6) is 0 Å². The Balaban J connectivity index is 2.20. The van der Waals surface area contributed by atoms with E-state index in [0.717, 1.165) is 26.1 Å². The van der Waals surface area contributed by atoms with Crippen molar-refractivity contribution in [2.75, 3.05) is 43.4 Å². The van der Waals surface area contributed by atoms with Crippen LogP contribution >= 0.6 is 11.6 Å². The Morgan fingerprint density at radius 1 is 1.55 bits per heavy atom. The van der Waals surface area contributed by atoms with Crippen molar-refractivity contribution in [2.24, 2.45) is 5.73 Å². The topological polar surface area (TPSA) is 122 Å². The number of carbonyl (C=O) groups excluding carboxylic acids is 1. The summed E-state index contributed by atoms with van der Waals surface area (Å²) in [6.07, 6.45) is 1.01. The van der Waals surface area contributed by atoms with Crippen LogP contribution in [0.1, 0.15) is 23.8 Å². The summed E-state index contributed by atoms with van der Waals surface area (Å²) in [4.78, 5) is 22.4. The molecule has 0 bridgehead atoms. The van der Waals surface area contributed by atoms with E-state index in [1.165, 1.54) is 0 Å². The summed E-state index contributed by atoms with van der Waals surface area (Å²) in [5, 5.41) is 6.20. The van der Waals surface area contributed by atoms with Gasteiger partial charge in [0.05, 0.1) is 0 Å². The lowest BCUT2D eigenvalue weighted by Crippen LogP contribution is -2.50. The second-order valence-corrected chi connectivity index (χ2v) is 5.48. The van der Waals surface area contributed by atoms with Crippen LogP contribution in [0.3, 0.4) is 0 Å². The Morgan fingerprint density at radius 3 is 3.00 bits per heavy atom. The molecule has 1 aliphatic heterocycles. The molecule has 1 aromatic heterocycles. The highest BCUT2D eigenvalue weighted by Crippen LogP contribution is 2.25. The molecule has 0 saturated carbocycles. The number of nitrogen functional groups attached to an aromatic ring is 1. The molecule has 2 rings (SSSR count). The van der Waals surface area contributed by atoms with Crippen molar-refractivity contribution in [2.45, 2.75) is 19.4 Å². The Kier molecular flexibility index (Phi) is 5.76. The molecule has 1 fully saturated rings. The smallest absolute Gasteiger partial charge is 0.273 e. The van der Waals surface area contributed by atoms with Gasteiger partial charge >= 0.3 is 0 Å². The number of anilines is 2. The zero-order valence-corrected chi connectivity index (χ0v) is 13.4. The monoisotopic (exact) mass is 327 g/mol. The van der Waals surface area contributed by atoms with Gasteiger partial charge in [-0.2, -0.15) is 0 Å². The summed E-state index contributed by atoms with van der Waals surface area (Å²) < 4.78 is 0. The lowest BCUT2D eigenvalue weighted by molar-refractivity contribution is 0.0950. The van der Waals surface area contributed by atoms with Crippen molar-refractivity contribution < 1.29 is 4.79 Å². The van der Waals surface area contributed by atoms with Crippen LogP contribution in [-0.2, 0) is 0 Å². The van der Waals surface area contributed by atoms with Crippen molar-refractivity contribution >= 4 is 29.1 Å². The molecular weight excluding hydrogens is 306 g/mol. The van der Waals surface area contributed by atoms with E-state index in [0.29, 0.717) is 24.9 Å². The fourth-order valence-electron chi connectivity index (χ4n) is 2.35. The lowest BCUT2D eigenvalue weighted by Gasteiger charge is -2.34. The Labute approximate surface area is 134 Å². The Morgan fingerprint density at radius 2 is 2.32 bits per heavy atom. The Bertz CT molecular complexity index is 539. The highest BCUT2D eigenvalue weighted by molar-refractivity contribution is 6.32. The van der Waals surface area contributed by atoms with Gasteiger partial charge in [-0.3, -0.25) is 4.79 Å². The minimum Gasteiger partial charge on any atom is -0.382 e. The second-order valence-electron chi connectivity index (χ2n) is 5.12. The molecule has 1 saturated heterocycles. The number of nitrogens with one attached hydrogen (secondary N) is 2. The first-order valence-electron chi connectivity index (χ1n) is 7.36. The van der Waals surface area contributed by atoms with E-state index in [1.807, 2.05) is 4.90 Å². The first-order valence-corrected chi connectivity index (χ1v) is 7.74. The highest BCUT2D eigenvalue weighted by atomic mass is 35.5. The van der Waals surface area contributed by atoms with E-state index in [1.54, 1.807) is 0 Å². The molecule has 1 amide bonds. The highest BCUT2D eigenvalue weighted by Gasteiger charge is 2.24. The maximum atomic E-state index is 11.9. The minimum absolute atomic E-state index is 0.0318. The average Bonchev–Trinajstić information content (AvgIpc) is 2.54. The summed E-state index contributed by atoms with van der Waals surface area (Å²) in [7, 11) is 0. The van der Waals surface area contributed by atoms with Gasteiger partial charge in [0.15, 0.2) is 22.5 Å². The molecule has 0 aliphatic carbocycles. The van der Waals surface area contributed by atoms with Gasteiger partial charge in [-0.25, -0.2) is 9.97 Å². The van der Waals surface area contributed by atoms with Crippen LogP contribution in [0.4, 0.5) is 11.6 Å². The third-order valence-corrected chi connectivity index (χ3v) is 3.81. The number of amides is 1. The quantitative estimate of drug-likeness (QED) is 0.579. The molecule has 0 radical (unpaired) electrons. The normalized spacial score (nSPS) is 18.3. The van der Waals surface area contributed by atoms with E-state index in [4.69, 9.17) is 23.1 Å². The molecule has 1 atom stereocenters. The third-order valence-electron chi connectivity index (χ3n) is 3.56. The van der Waals surface area contributed by atoms with Crippen molar-refractivity contribution in [1.82, 2.24) is 20.6 Å². The molecule has 6 N–H and O–H groups in total. The van der Waals surface area contributed by atoms with Gasteiger partial charge in [-0.15, -0.1) is 0 Å². The molecule has 1 aliphatic rings. The number of hydrogen-bond acceptors (Lipinski definition) is 7. The molecule has 0 aromatic carbocycles. The molecule has 0 spiro atoms. The molecule has 22 heavy (non-hydrogen) atoms. The summed E-state index contributed by atoms with van der Waals surface area (Å²) in [6.45, 7) is 5.19. The fraction of sp³-hybridized carbons (Fsp3) is 0.615. The lowest BCUT2D eigenvalue weighted by atomic mass is 10.1. The number of nitrogens with zero attached hydrogens (tertiary/aromatic N) is 3. The molecule has 1 aromatic rings. The first-order chi connectivity index (χ1) is 10.6. The largest absolute Gasteiger partial charge is 0.382 e. The van der Waals surface area contributed by atoms with Gasteiger partial charge in [-0.05, 0) is 6.42 Å². The predicted molar refractivity (Wildman–Crippen MR) is 87.1 cm³/mol. The van der Waals surface area contributed by atoms with Crippen LogP contribution in [0.25, 0.3) is 0 Å². The minimum atomic E-state index is -0.421. The van der Waals surface area contributed by atoms with Crippen LogP contribution in [-0.4, -0.2) is 54.6 Å². The summed E-state index contributed by atoms with van der Waals surface area (Å²) in [6, 6.07) is 0.375. The van der Waals surface area contributed by atoms with E-state index in [9.17, 15) is 4.79 Å². The number of hydrogen-bond donors (Lipinski definition) is 4. The van der Waals surface area contributed by atoms with Crippen molar-refractivity contribution in [3.8, 4) is 0 Å². The van der Waals surface area contributed by atoms with Gasteiger partial charge in [0, 0.05) is 38.8 Å². The number of nitrogens with two attached hydrogens (primary N) is 2. The molecule has 0 unspecified atom stereocenters. The van der Waals surface area contributed by atoms with E-state index < -0.39 is 5.91 Å². The maximum absolute atomic E-state index is 11.9. The number of aromatic nitrogens is 2. The zero-order valence-electron chi connectivity index (χ0n) is 12.6. The molecular formula is C13H22ClN7O. The Hall–Kier alpha value is -1.64. The third kappa shape index (κ3) is 3.76. The zero-order chi connectivity index (χ0) is 16.1. The van der Waals surface area contributed by atoms with Crippen LogP contribution in [0, 0.1) is 0 Å². The van der Waals surface area contributed by atoms with Gasteiger partial charge in [-0.1, -0.05) is 18.5 Å². The molecule has 122 valence electrons. The van der Waals surface area contributed by atoms with Crippen LogP contribution < -0.4 is 27.0 Å². The van der Waals surface area contributed by atoms with Crippen LogP contribution in [0.2, 0.25) is 5.15 Å². The van der Waals surface area contributed by atoms with Crippen LogP contribution in [0.15, 0.2) is 0 Å².